The first-order chi connectivity index (χ1) is 13.1. The van der Waals surface area contributed by atoms with Gasteiger partial charge in [0, 0.05) is 18.0 Å². The molecule has 1 saturated carbocycles. The average molecular weight is 363 g/mol. The van der Waals surface area contributed by atoms with Gasteiger partial charge in [-0.25, -0.2) is 4.98 Å². The number of aromatic amines is 1. The Labute approximate surface area is 157 Å². The van der Waals surface area contributed by atoms with Crippen molar-refractivity contribution in [1.82, 2.24) is 25.5 Å². The molecule has 1 fully saturated rings. The second kappa shape index (κ2) is 6.83. The lowest BCUT2D eigenvalue weighted by Crippen LogP contribution is -2.36. The number of benzene rings is 1. The Kier molecular flexibility index (Phi) is 4.35. The Morgan fingerprint density at radius 1 is 1.26 bits per heavy atom. The molecule has 1 amide bonds. The molecule has 1 aliphatic rings. The summed E-state index contributed by atoms with van der Waals surface area (Å²) in [5, 5.41) is 10.2. The molecule has 1 atom stereocenters. The van der Waals surface area contributed by atoms with Gasteiger partial charge in [-0.3, -0.25) is 14.9 Å². The molecular weight excluding hydrogens is 342 g/mol. The van der Waals surface area contributed by atoms with Gasteiger partial charge in [0.15, 0.2) is 5.82 Å². The van der Waals surface area contributed by atoms with Crippen LogP contribution >= 0.6 is 0 Å². The third kappa shape index (κ3) is 3.28. The van der Waals surface area contributed by atoms with E-state index in [0.717, 1.165) is 29.7 Å². The van der Waals surface area contributed by atoms with Crippen molar-refractivity contribution in [2.24, 2.45) is 0 Å². The van der Waals surface area contributed by atoms with Crippen LogP contribution in [0.5, 0.6) is 5.75 Å². The van der Waals surface area contributed by atoms with Gasteiger partial charge in [-0.15, -0.1) is 0 Å². The van der Waals surface area contributed by atoms with Gasteiger partial charge in [0.1, 0.15) is 11.6 Å². The molecule has 7 nitrogen and oxygen atoms in total. The number of hydrogen-bond donors (Lipinski definition) is 2. The maximum atomic E-state index is 12.9. The van der Waals surface area contributed by atoms with Crippen LogP contribution in [0.15, 0.2) is 48.8 Å². The van der Waals surface area contributed by atoms with Crippen molar-refractivity contribution in [3.8, 4) is 17.1 Å². The molecule has 0 unspecified atom stereocenters. The number of H-pyrrole nitrogens is 1. The quantitative estimate of drug-likeness (QED) is 0.702. The van der Waals surface area contributed by atoms with Crippen LogP contribution < -0.4 is 10.1 Å². The highest BCUT2D eigenvalue weighted by Gasteiger charge is 2.51. The van der Waals surface area contributed by atoms with Crippen LogP contribution in [0.25, 0.3) is 11.4 Å². The van der Waals surface area contributed by atoms with Crippen LogP contribution in [-0.4, -0.2) is 33.2 Å². The summed E-state index contributed by atoms with van der Waals surface area (Å²) in [7, 11) is 1.63. The molecule has 138 valence electrons. The minimum Gasteiger partial charge on any atom is -0.497 e. The first kappa shape index (κ1) is 17.2. The summed E-state index contributed by atoms with van der Waals surface area (Å²) in [6, 6.07) is 11.2. The Bertz CT molecular complexity index is 933. The van der Waals surface area contributed by atoms with E-state index in [2.05, 4.69) is 25.5 Å². The normalized spacial score (nSPS) is 15.8. The predicted octanol–water partition coefficient (Wildman–Crippen LogP) is 2.78. The predicted molar refractivity (Wildman–Crippen MR) is 100 cm³/mol. The number of amides is 1. The number of hydrogen-bond acceptors (Lipinski definition) is 5. The van der Waals surface area contributed by atoms with Gasteiger partial charge >= 0.3 is 0 Å². The zero-order chi connectivity index (χ0) is 18.9. The third-order valence-electron chi connectivity index (χ3n) is 5.01. The average Bonchev–Trinajstić information content (AvgIpc) is 3.38. The van der Waals surface area contributed by atoms with Crippen molar-refractivity contribution in [2.75, 3.05) is 7.11 Å². The van der Waals surface area contributed by atoms with Gasteiger partial charge in [-0.1, -0.05) is 12.1 Å². The molecule has 0 saturated heterocycles. The van der Waals surface area contributed by atoms with E-state index in [4.69, 9.17) is 4.74 Å². The van der Waals surface area contributed by atoms with Crippen LogP contribution in [-0.2, 0) is 10.2 Å². The molecule has 2 N–H and O–H groups in total. The summed E-state index contributed by atoms with van der Waals surface area (Å²) < 4.78 is 5.20. The van der Waals surface area contributed by atoms with E-state index in [1.165, 1.54) is 0 Å². The lowest BCUT2D eigenvalue weighted by molar-refractivity contribution is -0.124. The molecule has 4 rings (SSSR count). The number of rotatable bonds is 6. The number of ether oxygens (including phenoxy) is 1. The summed E-state index contributed by atoms with van der Waals surface area (Å²) >= 11 is 0. The Balaban J connectivity index is 1.47. The van der Waals surface area contributed by atoms with Gasteiger partial charge in [0.05, 0.1) is 18.6 Å². The van der Waals surface area contributed by atoms with E-state index in [-0.39, 0.29) is 11.9 Å². The molecule has 2 aromatic heterocycles. The van der Waals surface area contributed by atoms with Gasteiger partial charge < -0.3 is 10.1 Å². The summed E-state index contributed by atoms with van der Waals surface area (Å²) in [6.07, 6.45) is 5.09. The fraction of sp³-hybridized carbons (Fsp3) is 0.300. The van der Waals surface area contributed by atoms with Gasteiger partial charge in [0.2, 0.25) is 5.91 Å². The Hall–Kier alpha value is -3.22. The van der Waals surface area contributed by atoms with E-state index < -0.39 is 5.41 Å². The van der Waals surface area contributed by atoms with Crippen molar-refractivity contribution in [2.45, 2.75) is 31.2 Å². The summed E-state index contributed by atoms with van der Waals surface area (Å²) in [5.74, 6) is 1.98. The van der Waals surface area contributed by atoms with Crippen molar-refractivity contribution in [1.29, 1.82) is 0 Å². The summed E-state index contributed by atoms with van der Waals surface area (Å²) in [6.45, 7) is 1.90. The summed E-state index contributed by atoms with van der Waals surface area (Å²) in [4.78, 5) is 21.5. The molecule has 7 heteroatoms. The molecule has 1 aliphatic carbocycles. The molecule has 3 aromatic rings. The molecule has 27 heavy (non-hydrogen) atoms. The Morgan fingerprint density at radius 3 is 2.67 bits per heavy atom. The van der Waals surface area contributed by atoms with Crippen LogP contribution in [0.4, 0.5) is 0 Å². The fourth-order valence-electron chi connectivity index (χ4n) is 3.18. The van der Waals surface area contributed by atoms with Crippen molar-refractivity contribution in [3.63, 3.8) is 0 Å². The molecule has 0 spiro atoms. The van der Waals surface area contributed by atoms with Gasteiger partial charge in [-0.05, 0) is 49.6 Å². The number of carbonyl (C=O) groups is 1. The van der Waals surface area contributed by atoms with Crippen LogP contribution in [0.1, 0.15) is 37.2 Å². The molecule has 2 heterocycles. The van der Waals surface area contributed by atoms with Crippen molar-refractivity contribution in [3.05, 3.63) is 60.2 Å². The first-order valence-corrected chi connectivity index (χ1v) is 8.90. The SMILES string of the molecule is COc1ccc(C2(C(=O)N[C@@H](C)c3nc(-c4cccnc4)n[nH]3)CC2)cc1. The molecule has 0 aliphatic heterocycles. The lowest BCUT2D eigenvalue weighted by atomic mass is 9.94. The Morgan fingerprint density at radius 2 is 2.04 bits per heavy atom. The first-order valence-electron chi connectivity index (χ1n) is 8.90. The molecule has 0 radical (unpaired) electrons. The maximum Gasteiger partial charge on any atom is 0.231 e. The van der Waals surface area contributed by atoms with Gasteiger partial charge in [0.25, 0.3) is 0 Å². The standard InChI is InChI=1S/C20H21N5O2/c1-13(17-23-18(25-24-17)14-4-3-11-21-12-14)22-19(26)20(9-10-20)15-5-7-16(27-2)8-6-15/h3-8,11-13H,9-10H2,1-2H3,(H,22,26)(H,23,24,25)/t13-/m0/s1. The van der Waals surface area contributed by atoms with Crippen molar-refractivity contribution >= 4 is 5.91 Å². The second-order valence-corrected chi connectivity index (χ2v) is 6.79. The van der Waals surface area contributed by atoms with Crippen LogP contribution in [0.3, 0.4) is 0 Å². The molecule has 0 bridgehead atoms. The largest absolute Gasteiger partial charge is 0.497 e. The van der Waals surface area contributed by atoms with E-state index in [9.17, 15) is 4.79 Å². The van der Waals surface area contributed by atoms with E-state index in [1.807, 2.05) is 43.3 Å². The highest BCUT2D eigenvalue weighted by Crippen LogP contribution is 2.49. The monoisotopic (exact) mass is 363 g/mol. The topological polar surface area (TPSA) is 92.8 Å². The number of pyridine rings is 1. The fourth-order valence-corrected chi connectivity index (χ4v) is 3.18. The third-order valence-corrected chi connectivity index (χ3v) is 5.01. The maximum absolute atomic E-state index is 12.9. The van der Waals surface area contributed by atoms with E-state index in [0.29, 0.717) is 11.6 Å². The molecule has 1 aromatic carbocycles. The highest BCUT2D eigenvalue weighted by atomic mass is 16.5. The highest BCUT2D eigenvalue weighted by molar-refractivity contribution is 5.91. The zero-order valence-electron chi connectivity index (χ0n) is 15.3. The second-order valence-electron chi connectivity index (χ2n) is 6.79. The van der Waals surface area contributed by atoms with E-state index in [1.54, 1.807) is 19.5 Å². The number of nitrogens with one attached hydrogen (secondary N) is 2. The van der Waals surface area contributed by atoms with Crippen LogP contribution in [0.2, 0.25) is 0 Å². The van der Waals surface area contributed by atoms with Crippen LogP contribution in [0, 0.1) is 0 Å². The number of methoxy groups -OCH3 is 1. The zero-order valence-corrected chi connectivity index (χ0v) is 15.3. The van der Waals surface area contributed by atoms with Crippen molar-refractivity contribution < 1.29 is 9.53 Å². The number of nitrogens with zero attached hydrogens (tertiary/aromatic N) is 3. The lowest BCUT2D eigenvalue weighted by Gasteiger charge is -2.19. The number of aromatic nitrogens is 4. The smallest absolute Gasteiger partial charge is 0.231 e. The van der Waals surface area contributed by atoms with E-state index >= 15 is 0 Å². The minimum absolute atomic E-state index is 0.0134. The minimum atomic E-state index is -0.452. The van der Waals surface area contributed by atoms with Gasteiger partial charge in [-0.2, -0.15) is 5.10 Å². The summed E-state index contributed by atoms with van der Waals surface area (Å²) in [5.41, 5.74) is 1.39. The number of carbonyl (C=O) groups excluding carboxylic acids is 1. The molecular formula is C20H21N5O2.